The number of carbonyl (C=O) groups is 3. The quantitative estimate of drug-likeness (QED) is 0.620. The lowest BCUT2D eigenvalue weighted by atomic mass is 9.82. The average molecular weight is 410 g/mol. The smallest absolute Gasteiger partial charge is 0.338 e. The van der Waals surface area contributed by atoms with Crippen LogP contribution >= 0.6 is 0 Å². The summed E-state index contributed by atoms with van der Waals surface area (Å²) in [5, 5.41) is 20.4. The Morgan fingerprint density at radius 1 is 0.967 bits per heavy atom. The summed E-state index contributed by atoms with van der Waals surface area (Å²) in [4.78, 5) is 42.5. The molecule has 0 spiro atoms. The van der Waals surface area contributed by atoms with Crippen molar-refractivity contribution < 1.29 is 29.3 Å². The van der Waals surface area contributed by atoms with E-state index in [-0.39, 0.29) is 40.2 Å². The van der Waals surface area contributed by atoms with E-state index in [1.165, 1.54) is 24.3 Å². The molecule has 1 aliphatic carbocycles. The predicted molar refractivity (Wildman–Crippen MR) is 107 cm³/mol. The number of nitrogens with zero attached hydrogens (tertiary/aromatic N) is 2. The highest BCUT2D eigenvalue weighted by Crippen LogP contribution is 2.37. The molecule has 156 valence electrons. The van der Waals surface area contributed by atoms with Gasteiger partial charge in [-0.1, -0.05) is 12.1 Å². The van der Waals surface area contributed by atoms with Crippen LogP contribution in [0.3, 0.4) is 0 Å². The second kappa shape index (κ2) is 7.89. The highest BCUT2D eigenvalue weighted by atomic mass is 16.5. The summed E-state index contributed by atoms with van der Waals surface area (Å²) in [6.45, 7) is 4.50. The van der Waals surface area contributed by atoms with Crippen LogP contribution in [0.2, 0.25) is 0 Å². The number of esters is 1. The number of fused-ring (bicyclic) bond motifs is 2. The van der Waals surface area contributed by atoms with E-state index >= 15 is 0 Å². The van der Waals surface area contributed by atoms with Crippen LogP contribution in [0.5, 0.6) is 11.5 Å². The Bertz CT molecular complexity index is 1040. The zero-order valence-electron chi connectivity index (χ0n) is 16.6. The van der Waals surface area contributed by atoms with Crippen LogP contribution in [0, 0.1) is 0 Å². The lowest BCUT2D eigenvalue weighted by Gasteiger charge is -2.32. The molecule has 2 aliphatic rings. The summed E-state index contributed by atoms with van der Waals surface area (Å²) in [6, 6.07) is 6.57. The molecular weight excluding hydrogens is 388 g/mol. The molecule has 0 radical (unpaired) electrons. The van der Waals surface area contributed by atoms with Gasteiger partial charge in [-0.2, -0.15) is 0 Å². The average Bonchev–Trinajstić information content (AvgIpc) is 2.72. The minimum absolute atomic E-state index is 0.00520. The minimum Gasteiger partial charge on any atom is -0.507 e. The number of ether oxygens (including phenoxy) is 1. The first-order valence-corrected chi connectivity index (χ1v) is 9.73. The topological polar surface area (TPSA) is 107 Å². The van der Waals surface area contributed by atoms with Crippen LogP contribution in [0.1, 0.15) is 42.2 Å². The van der Waals surface area contributed by atoms with Crippen LogP contribution in [-0.2, 0) is 4.74 Å². The number of piperazine rings is 1. The maximum absolute atomic E-state index is 12.8. The summed E-state index contributed by atoms with van der Waals surface area (Å²) in [5.41, 5.74) is -0.415. The van der Waals surface area contributed by atoms with E-state index in [4.69, 9.17) is 4.74 Å². The molecule has 1 aliphatic heterocycles. The summed E-state index contributed by atoms with van der Waals surface area (Å²) >= 11 is 0. The molecule has 8 heteroatoms. The van der Waals surface area contributed by atoms with Gasteiger partial charge in [0.15, 0.2) is 5.78 Å². The molecule has 1 fully saturated rings. The number of hydrogen-bond donors (Lipinski definition) is 2. The van der Waals surface area contributed by atoms with E-state index in [9.17, 15) is 24.6 Å². The molecule has 0 saturated carbocycles. The monoisotopic (exact) mass is 410 g/mol. The Balaban J connectivity index is 1.52. The van der Waals surface area contributed by atoms with E-state index in [0.717, 1.165) is 32.2 Å². The number of ketones is 2. The normalized spacial score (nSPS) is 16.8. The van der Waals surface area contributed by atoms with Gasteiger partial charge in [0.25, 0.3) is 0 Å². The van der Waals surface area contributed by atoms with Crippen molar-refractivity contribution in [2.45, 2.75) is 0 Å². The fraction of sp³-hybridized carbons (Fsp3) is 0.318. The first kappa shape index (κ1) is 20.1. The molecule has 0 unspecified atom stereocenters. The molecule has 30 heavy (non-hydrogen) atoms. The first-order valence-electron chi connectivity index (χ1n) is 9.73. The molecule has 2 aromatic rings. The van der Waals surface area contributed by atoms with Crippen LogP contribution < -0.4 is 0 Å². The molecule has 1 saturated heterocycles. The van der Waals surface area contributed by atoms with Gasteiger partial charge in [-0.3, -0.25) is 14.5 Å². The van der Waals surface area contributed by atoms with Gasteiger partial charge in [0.1, 0.15) is 18.1 Å². The van der Waals surface area contributed by atoms with Crippen molar-refractivity contribution in [1.29, 1.82) is 0 Å². The number of carbonyl (C=O) groups excluding carboxylic acids is 3. The summed E-state index contributed by atoms with van der Waals surface area (Å²) in [5.74, 6) is -2.71. The molecule has 2 N–H and O–H groups in total. The fourth-order valence-corrected chi connectivity index (χ4v) is 3.82. The van der Waals surface area contributed by atoms with Gasteiger partial charge in [-0.25, -0.2) is 4.79 Å². The van der Waals surface area contributed by atoms with Gasteiger partial charge in [0.2, 0.25) is 5.78 Å². The van der Waals surface area contributed by atoms with E-state index in [0.29, 0.717) is 6.54 Å². The largest absolute Gasteiger partial charge is 0.507 e. The van der Waals surface area contributed by atoms with Crippen molar-refractivity contribution in [3.05, 3.63) is 58.1 Å². The van der Waals surface area contributed by atoms with Crippen LogP contribution in [-0.4, -0.2) is 83.9 Å². The van der Waals surface area contributed by atoms with E-state index in [2.05, 4.69) is 16.8 Å². The maximum atomic E-state index is 12.8. The number of aromatic hydroxyl groups is 2. The number of hydrogen-bond acceptors (Lipinski definition) is 8. The molecule has 1 heterocycles. The lowest BCUT2D eigenvalue weighted by Crippen LogP contribution is -2.45. The van der Waals surface area contributed by atoms with E-state index in [1.54, 1.807) is 0 Å². The second-order valence-corrected chi connectivity index (χ2v) is 7.56. The minimum atomic E-state index is -0.677. The predicted octanol–water partition coefficient (Wildman–Crippen LogP) is 1.28. The van der Waals surface area contributed by atoms with Crippen molar-refractivity contribution in [2.75, 3.05) is 46.4 Å². The zero-order chi connectivity index (χ0) is 21.4. The molecule has 2 aromatic carbocycles. The van der Waals surface area contributed by atoms with Gasteiger partial charge < -0.3 is 19.8 Å². The zero-order valence-corrected chi connectivity index (χ0v) is 16.6. The highest BCUT2D eigenvalue weighted by Gasteiger charge is 2.35. The molecule has 0 amide bonds. The van der Waals surface area contributed by atoms with Crippen molar-refractivity contribution in [3.63, 3.8) is 0 Å². The SMILES string of the molecule is CN1CCN(CCOC(=O)c2cc(O)c3c(c2)C(=O)c2cccc(O)c2C3=O)CC1. The van der Waals surface area contributed by atoms with Gasteiger partial charge in [-0.05, 0) is 25.2 Å². The number of phenols is 2. The van der Waals surface area contributed by atoms with Crippen LogP contribution in [0.4, 0.5) is 0 Å². The fourth-order valence-electron chi connectivity index (χ4n) is 3.82. The van der Waals surface area contributed by atoms with Crippen LogP contribution in [0.15, 0.2) is 30.3 Å². The second-order valence-electron chi connectivity index (χ2n) is 7.56. The third-order valence-electron chi connectivity index (χ3n) is 5.58. The van der Waals surface area contributed by atoms with Gasteiger partial charge in [-0.15, -0.1) is 0 Å². The summed E-state index contributed by atoms with van der Waals surface area (Å²) in [6.07, 6.45) is 0. The standard InChI is InChI=1S/C22H22N2O6/c1-23-5-7-24(8-6-23)9-10-30-22(29)13-11-15-19(17(26)12-13)21(28)18-14(20(15)27)3-2-4-16(18)25/h2-4,11-12,25-26H,5-10H2,1H3. The Morgan fingerprint density at radius 3 is 2.40 bits per heavy atom. The third kappa shape index (κ3) is 3.55. The van der Waals surface area contributed by atoms with Crippen LogP contribution in [0.25, 0.3) is 0 Å². The Hall–Kier alpha value is -3.23. The summed E-state index contributed by atoms with van der Waals surface area (Å²) in [7, 11) is 2.06. The number of phenolic OH excluding ortho intramolecular Hbond substituents is 2. The van der Waals surface area contributed by atoms with E-state index in [1.807, 2.05) is 0 Å². The maximum Gasteiger partial charge on any atom is 0.338 e. The van der Waals surface area contributed by atoms with Crippen molar-refractivity contribution in [3.8, 4) is 11.5 Å². The van der Waals surface area contributed by atoms with Crippen molar-refractivity contribution in [2.24, 2.45) is 0 Å². The van der Waals surface area contributed by atoms with E-state index < -0.39 is 23.3 Å². The number of likely N-dealkylation sites (N-methyl/N-ethyl adjacent to an activating group) is 1. The molecule has 0 bridgehead atoms. The number of benzene rings is 2. The molecular formula is C22H22N2O6. The molecule has 4 rings (SSSR count). The number of rotatable bonds is 4. The van der Waals surface area contributed by atoms with Crippen molar-refractivity contribution >= 4 is 17.5 Å². The molecule has 0 aromatic heterocycles. The Kier molecular flexibility index (Phi) is 5.27. The van der Waals surface area contributed by atoms with Gasteiger partial charge in [0, 0.05) is 43.9 Å². The molecule has 0 atom stereocenters. The highest BCUT2D eigenvalue weighted by molar-refractivity contribution is 6.30. The first-order chi connectivity index (χ1) is 14.4. The Labute approximate surface area is 173 Å². The van der Waals surface area contributed by atoms with Gasteiger partial charge >= 0.3 is 5.97 Å². The Morgan fingerprint density at radius 2 is 1.67 bits per heavy atom. The third-order valence-corrected chi connectivity index (χ3v) is 5.58. The molecule has 8 nitrogen and oxygen atoms in total. The van der Waals surface area contributed by atoms with Crippen molar-refractivity contribution in [1.82, 2.24) is 9.80 Å². The van der Waals surface area contributed by atoms with Gasteiger partial charge in [0.05, 0.1) is 16.7 Å². The summed E-state index contributed by atoms with van der Waals surface area (Å²) < 4.78 is 5.31. The lowest BCUT2D eigenvalue weighted by molar-refractivity contribution is 0.0431.